The molecule has 7 nitrogen and oxygen atoms in total. The summed E-state index contributed by atoms with van der Waals surface area (Å²) >= 11 is 0. The number of hydrogen-bond donors (Lipinski definition) is 2. The number of hydrogen-bond acceptors (Lipinski definition) is 4. The van der Waals surface area contributed by atoms with Gasteiger partial charge in [0.1, 0.15) is 5.65 Å². The number of nitrogens with one attached hydrogen (secondary N) is 2. The van der Waals surface area contributed by atoms with Gasteiger partial charge in [-0.05, 0) is 19.4 Å². The number of rotatable bonds is 5. The Balaban J connectivity index is 2.45. The van der Waals surface area contributed by atoms with E-state index in [-0.39, 0.29) is 16.9 Å². The van der Waals surface area contributed by atoms with Crippen LogP contribution in [0.25, 0.3) is 11.0 Å². The molecule has 0 bridgehead atoms. The highest BCUT2D eigenvalue weighted by molar-refractivity contribution is 5.96. The van der Waals surface area contributed by atoms with Crippen molar-refractivity contribution >= 4 is 16.9 Å². The number of carbonyl (C=O) groups is 1. The molecule has 0 radical (unpaired) electrons. The summed E-state index contributed by atoms with van der Waals surface area (Å²) in [5.74, 6) is -0.272. The third-order valence-corrected chi connectivity index (χ3v) is 3.23. The number of amides is 1. The number of nitrogens with zero attached hydrogens (tertiary/aromatic N) is 2. The van der Waals surface area contributed by atoms with Crippen molar-refractivity contribution in [2.75, 3.05) is 6.54 Å². The van der Waals surface area contributed by atoms with Crippen LogP contribution in [0.2, 0.25) is 0 Å². The summed E-state index contributed by atoms with van der Waals surface area (Å²) in [5.41, 5.74) is -0.431. The zero-order chi connectivity index (χ0) is 15.4. The molecule has 0 saturated carbocycles. The number of pyridine rings is 1. The molecule has 2 heterocycles. The second kappa shape index (κ2) is 6.34. The molecular weight excluding hydrogens is 272 g/mol. The van der Waals surface area contributed by atoms with Crippen LogP contribution in [-0.2, 0) is 6.54 Å². The molecule has 0 aliphatic carbocycles. The van der Waals surface area contributed by atoms with Crippen LogP contribution in [-0.4, -0.2) is 27.0 Å². The van der Waals surface area contributed by atoms with Gasteiger partial charge in [-0.2, -0.15) is 0 Å². The predicted octanol–water partition coefficient (Wildman–Crippen LogP) is 0.635. The summed E-state index contributed by atoms with van der Waals surface area (Å²) in [6, 6.07) is 1.47. The third-order valence-electron chi connectivity index (χ3n) is 3.23. The quantitative estimate of drug-likeness (QED) is 0.789. The molecule has 0 atom stereocenters. The van der Waals surface area contributed by atoms with Crippen molar-refractivity contribution in [2.24, 2.45) is 0 Å². The van der Waals surface area contributed by atoms with E-state index in [9.17, 15) is 14.4 Å². The van der Waals surface area contributed by atoms with Crippen LogP contribution in [0.1, 0.15) is 37.0 Å². The van der Waals surface area contributed by atoms with Gasteiger partial charge in [0, 0.05) is 19.3 Å². The first-order valence-corrected chi connectivity index (χ1v) is 6.99. The van der Waals surface area contributed by atoms with Gasteiger partial charge in [-0.1, -0.05) is 13.3 Å². The molecule has 2 aromatic heterocycles. The highest BCUT2D eigenvalue weighted by Gasteiger charge is 2.12. The van der Waals surface area contributed by atoms with Crippen LogP contribution < -0.4 is 16.6 Å². The molecule has 0 aliphatic heterocycles. The fourth-order valence-corrected chi connectivity index (χ4v) is 2.07. The maximum Gasteiger partial charge on any atom is 0.329 e. The van der Waals surface area contributed by atoms with Crippen molar-refractivity contribution in [3.8, 4) is 0 Å². The number of aryl methyl sites for hydroxylation is 1. The molecular formula is C14H18N4O3. The first kappa shape index (κ1) is 15.0. The van der Waals surface area contributed by atoms with Gasteiger partial charge in [0.15, 0.2) is 0 Å². The highest BCUT2D eigenvalue weighted by atomic mass is 16.2. The van der Waals surface area contributed by atoms with E-state index in [4.69, 9.17) is 0 Å². The van der Waals surface area contributed by atoms with Crippen molar-refractivity contribution in [1.82, 2.24) is 19.9 Å². The Morgan fingerprint density at radius 2 is 2.14 bits per heavy atom. The Labute approximate surface area is 121 Å². The molecule has 0 saturated heterocycles. The number of aromatic amines is 1. The number of carbonyl (C=O) groups excluding carboxylic acids is 1. The molecule has 112 valence electrons. The van der Waals surface area contributed by atoms with E-state index in [0.717, 1.165) is 12.8 Å². The van der Waals surface area contributed by atoms with Gasteiger partial charge in [0.05, 0.1) is 10.9 Å². The molecule has 0 fully saturated rings. The molecule has 0 aromatic carbocycles. The lowest BCUT2D eigenvalue weighted by Crippen LogP contribution is -2.31. The van der Waals surface area contributed by atoms with Gasteiger partial charge in [-0.3, -0.25) is 19.1 Å². The van der Waals surface area contributed by atoms with Crippen molar-refractivity contribution in [3.63, 3.8) is 0 Å². The SMILES string of the molecule is CCCCNC(=O)c1cnc2c(c1)c(=O)[nH]c(=O)n2CC. The molecule has 0 spiro atoms. The van der Waals surface area contributed by atoms with E-state index in [2.05, 4.69) is 15.3 Å². The second-order valence-corrected chi connectivity index (χ2v) is 4.71. The molecule has 7 heteroatoms. The zero-order valence-corrected chi connectivity index (χ0v) is 12.1. The minimum Gasteiger partial charge on any atom is -0.352 e. The minimum atomic E-state index is -0.532. The summed E-state index contributed by atoms with van der Waals surface area (Å²) in [5, 5.41) is 3.00. The Morgan fingerprint density at radius 1 is 1.38 bits per heavy atom. The lowest BCUT2D eigenvalue weighted by Gasteiger charge is -2.08. The van der Waals surface area contributed by atoms with Crippen LogP contribution in [0.5, 0.6) is 0 Å². The summed E-state index contributed by atoms with van der Waals surface area (Å²) in [4.78, 5) is 41.8. The van der Waals surface area contributed by atoms with Gasteiger partial charge >= 0.3 is 5.69 Å². The molecule has 2 aromatic rings. The second-order valence-electron chi connectivity index (χ2n) is 4.71. The Hall–Kier alpha value is -2.44. The van der Waals surface area contributed by atoms with Gasteiger partial charge in [-0.25, -0.2) is 9.78 Å². The molecule has 2 rings (SSSR count). The Morgan fingerprint density at radius 3 is 2.81 bits per heavy atom. The fraction of sp³-hybridized carbons (Fsp3) is 0.429. The summed E-state index contributed by atoms with van der Waals surface area (Å²) in [7, 11) is 0. The molecule has 0 unspecified atom stereocenters. The number of fused-ring (bicyclic) bond motifs is 1. The average molecular weight is 290 g/mol. The predicted molar refractivity (Wildman–Crippen MR) is 79.5 cm³/mol. The Kier molecular flexibility index (Phi) is 4.52. The monoisotopic (exact) mass is 290 g/mol. The summed E-state index contributed by atoms with van der Waals surface area (Å²) in [6.07, 6.45) is 3.26. The lowest BCUT2D eigenvalue weighted by atomic mass is 10.2. The normalized spacial score (nSPS) is 10.8. The average Bonchev–Trinajstić information content (AvgIpc) is 2.47. The standard InChI is InChI=1S/C14H18N4O3/c1-3-5-6-15-12(19)9-7-10-11(16-8-9)18(4-2)14(21)17-13(10)20/h7-8H,3-6H2,1-2H3,(H,15,19)(H,17,20,21). The first-order chi connectivity index (χ1) is 10.1. The van der Waals surface area contributed by atoms with E-state index in [1.807, 2.05) is 6.92 Å². The topological polar surface area (TPSA) is 96.8 Å². The maximum absolute atomic E-state index is 12.0. The number of H-pyrrole nitrogens is 1. The van der Waals surface area contributed by atoms with Crippen molar-refractivity contribution in [3.05, 3.63) is 38.7 Å². The van der Waals surface area contributed by atoms with E-state index in [1.165, 1.54) is 16.8 Å². The zero-order valence-electron chi connectivity index (χ0n) is 12.1. The van der Waals surface area contributed by atoms with E-state index < -0.39 is 11.2 Å². The van der Waals surface area contributed by atoms with E-state index in [0.29, 0.717) is 18.7 Å². The Bertz CT molecular complexity index is 776. The molecule has 2 N–H and O–H groups in total. The first-order valence-electron chi connectivity index (χ1n) is 6.99. The summed E-state index contributed by atoms with van der Waals surface area (Å²) < 4.78 is 1.36. The van der Waals surface area contributed by atoms with Crippen LogP contribution in [0.15, 0.2) is 21.9 Å². The van der Waals surface area contributed by atoms with Crippen molar-refractivity contribution < 1.29 is 4.79 Å². The number of aromatic nitrogens is 3. The smallest absolute Gasteiger partial charge is 0.329 e. The van der Waals surface area contributed by atoms with E-state index >= 15 is 0 Å². The third kappa shape index (κ3) is 3.01. The van der Waals surface area contributed by atoms with Gasteiger partial charge in [0.25, 0.3) is 11.5 Å². The van der Waals surface area contributed by atoms with Crippen LogP contribution in [0.4, 0.5) is 0 Å². The molecule has 21 heavy (non-hydrogen) atoms. The number of unbranched alkanes of at least 4 members (excludes halogenated alkanes) is 1. The van der Waals surface area contributed by atoms with E-state index in [1.54, 1.807) is 6.92 Å². The lowest BCUT2D eigenvalue weighted by molar-refractivity contribution is 0.0953. The highest BCUT2D eigenvalue weighted by Crippen LogP contribution is 2.07. The maximum atomic E-state index is 12.0. The summed E-state index contributed by atoms with van der Waals surface area (Å²) in [6.45, 7) is 4.79. The van der Waals surface area contributed by atoms with Crippen molar-refractivity contribution in [1.29, 1.82) is 0 Å². The minimum absolute atomic E-state index is 0.236. The van der Waals surface area contributed by atoms with Gasteiger partial charge in [0.2, 0.25) is 0 Å². The van der Waals surface area contributed by atoms with Crippen LogP contribution in [0, 0.1) is 0 Å². The fourth-order valence-electron chi connectivity index (χ4n) is 2.07. The van der Waals surface area contributed by atoms with Crippen LogP contribution in [0.3, 0.4) is 0 Å². The van der Waals surface area contributed by atoms with Crippen molar-refractivity contribution in [2.45, 2.75) is 33.2 Å². The van der Waals surface area contributed by atoms with Crippen LogP contribution >= 0.6 is 0 Å². The molecule has 0 aliphatic rings. The van der Waals surface area contributed by atoms with Gasteiger partial charge < -0.3 is 5.32 Å². The molecule has 1 amide bonds. The largest absolute Gasteiger partial charge is 0.352 e. The van der Waals surface area contributed by atoms with Gasteiger partial charge in [-0.15, -0.1) is 0 Å².